The summed E-state index contributed by atoms with van der Waals surface area (Å²) in [6.45, 7) is 3.91. The highest BCUT2D eigenvalue weighted by atomic mass is 32.1. The van der Waals surface area contributed by atoms with Gasteiger partial charge < -0.3 is 5.11 Å². The van der Waals surface area contributed by atoms with Gasteiger partial charge in [-0.3, -0.25) is 14.5 Å². The molecule has 1 atom stereocenters. The number of amides is 1. The number of carbonyl (C=O) groups excluding carboxylic acids is 2. The van der Waals surface area contributed by atoms with Crippen LogP contribution in [0.2, 0.25) is 0 Å². The number of aryl methyl sites for hydroxylation is 2. The molecule has 1 N–H and O–H groups in total. The predicted octanol–water partition coefficient (Wildman–Crippen LogP) is 5.38. The van der Waals surface area contributed by atoms with Crippen molar-refractivity contribution in [2.24, 2.45) is 0 Å². The number of thiophene rings is 1. The minimum Gasteiger partial charge on any atom is -0.507 e. The summed E-state index contributed by atoms with van der Waals surface area (Å²) in [6, 6.07) is 13.9. The average molecular weight is 421 g/mol. The smallest absolute Gasteiger partial charge is 0.300 e. The van der Waals surface area contributed by atoms with Crippen molar-refractivity contribution in [3.63, 3.8) is 0 Å². The molecular weight excluding hydrogens is 401 g/mol. The molecule has 4 nitrogen and oxygen atoms in total. The normalized spacial score (nSPS) is 18.2. The monoisotopic (exact) mass is 421 g/mol. The lowest BCUT2D eigenvalue weighted by atomic mass is 9.97. The van der Waals surface area contributed by atoms with Crippen LogP contribution in [-0.2, 0) is 16.0 Å². The lowest BCUT2D eigenvalue weighted by Crippen LogP contribution is -2.29. The first kappa shape index (κ1) is 20.0. The molecule has 0 bridgehead atoms. The Labute approximate surface area is 177 Å². The quantitative estimate of drug-likeness (QED) is 0.349. The van der Waals surface area contributed by atoms with E-state index in [1.807, 2.05) is 37.4 Å². The lowest BCUT2D eigenvalue weighted by molar-refractivity contribution is -0.132. The third-order valence-electron chi connectivity index (χ3n) is 5.32. The molecule has 1 fully saturated rings. The number of aliphatic hydroxyl groups excluding tert-OH is 1. The molecule has 4 rings (SSSR count). The van der Waals surface area contributed by atoms with Crippen molar-refractivity contribution in [1.82, 2.24) is 0 Å². The van der Waals surface area contributed by atoms with Gasteiger partial charge in [-0.2, -0.15) is 0 Å². The van der Waals surface area contributed by atoms with E-state index in [0.29, 0.717) is 5.56 Å². The molecule has 1 amide bonds. The summed E-state index contributed by atoms with van der Waals surface area (Å²) in [5, 5.41) is 12.9. The Morgan fingerprint density at radius 2 is 1.87 bits per heavy atom. The van der Waals surface area contributed by atoms with Crippen molar-refractivity contribution in [3.8, 4) is 0 Å². The summed E-state index contributed by atoms with van der Waals surface area (Å²) < 4.78 is 13.9. The number of rotatable bonds is 4. The molecule has 0 aliphatic carbocycles. The Hall–Kier alpha value is -3.25. The highest BCUT2D eigenvalue weighted by Crippen LogP contribution is 2.44. The van der Waals surface area contributed by atoms with Gasteiger partial charge >= 0.3 is 0 Å². The molecule has 3 aromatic rings. The maximum Gasteiger partial charge on any atom is 0.300 e. The molecule has 152 valence electrons. The Balaban J connectivity index is 1.93. The van der Waals surface area contributed by atoms with Gasteiger partial charge in [-0.25, -0.2) is 4.39 Å². The maximum atomic E-state index is 13.9. The van der Waals surface area contributed by atoms with Crippen LogP contribution >= 0.6 is 11.3 Å². The molecule has 1 aliphatic rings. The molecule has 1 saturated heterocycles. The van der Waals surface area contributed by atoms with E-state index in [1.165, 1.54) is 34.4 Å². The molecule has 0 radical (unpaired) electrons. The summed E-state index contributed by atoms with van der Waals surface area (Å²) >= 11 is 1.39. The fourth-order valence-electron chi connectivity index (χ4n) is 3.69. The van der Waals surface area contributed by atoms with Gasteiger partial charge in [0.2, 0.25) is 0 Å². The van der Waals surface area contributed by atoms with Crippen LogP contribution in [0.1, 0.15) is 34.5 Å². The largest absolute Gasteiger partial charge is 0.507 e. The number of halogens is 1. The van der Waals surface area contributed by atoms with Crippen LogP contribution in [0, 0.1) is 12.7 Å². The van der Waals surface area contributed by atoms with Crippen molar-refractivity contribution < 1.29 is 19.1 Å². The second-order valence-electron chi connectivity index (χ2n) is 7.17. The van der Waals surface area contributed by atoms with Gasteiger partial charge in [-0.1, -0.05) is 37.3 Å². The minimum absolute atomic E-state index is 0.0130. The molecule has 1 aliphatic heterocycles. The van der Waals surface area contributed by atoms with Crippen LogP contribution in [-0.4, -0.2) is 16.8 Å². The van der Waals surface area contributed by atoms with E-state index >= 15 is 0 Å². The third kappa shape index (κ3) is 3.33. The SMILES string of the molecule is CCc1ccc(/C(O)=C2/C(=O)C(=O)N(c3cccc(F)c3)C2c2sccc2C)cc1. The van der Waals surface area contributed by atoms with Crippen LogP contribution in [0.15, 0.2) is 65.6 Å². The number of aliphatic hydroxyl groups is 1. The van der Waals surface area contributed by atoms with Crippen LogP contribution in [0.5, 0.6) is 0 Å². The van der Waals surface area contributed by atoms with Gasteiger partial charge in [-0.05, 0) is 54.1 Å². The number of hydrogen-bond donors (Lipinski definition) is 1. The van der Waals surface area contributed by atoms with E-state index in [9.17, 15) is 19.1 Å². The molecule has 1 aromatic heterocycles. The topological polar surface area (TPSA) is 57.6 Å². The number of carbonyl (C=O) groups is 2. The van der Waals surface area contributed by atoms with Gasteiger partial charge in [-0.15, -0.1) is 11.3 Å². The summed E-state index contributed by atoms with van der Waals surface area (Å²) in [4.78, 5) is 28.1. The zero-order chi connectivity index (χ0) is 21.4. The fraction of sp³-hybridized carbons (Fsp3) is 0.167. The highest BCUT2D eigenvalue weighted by Gasteiger charge is 2.48. The first-order valence-electron chi connectivity index (χ1n) is 9.62. The zero-order valence-corrected chi connectivity index (χ0v) is 17.4. The molecule has 1 unspecified atom stereocenters. The van der Waals surface area contributed by atoms with Crippen molar-refractivity contribution >= 4 is 34.5 Å². The Morgan fingerprint density at radius 3 is 2.47 bits per heavy atom. The number of hydrogen-bond acceptors (Lipinski definition) is 4. The molecule has 30 heavy (non-hydrogen) atoms. The van der Waals surface area contributed by atoms with E-state index in [-0.39, 0.29) is 17.0 Å². The summed E-state index contributed by atoms with van der Waals surface area (Å²) in [7, 11) is 0. The standard InChI is InChI=1S/C24H20FNO3S/c1-3-15-7-9-16(10-8-15)21(27)19-20(23-14(2)11-12-30-23)26(24(29)22(19)28)18-6-4-5-17(25)13-18/h4-13,20,27H,3H2,1-2H3/b21-19-. The molecular formula is C24H20FNO3S. The van der Waals surface area contributed by atoms with Gasteiger partial charge in [0.1, 0.15) is 17.6 Å². The average Bonchev–Trinajstić information content (AvgIpc) is 3.28. The highest BCUT2D eigenvalue weighted by molar-refractivity contribution is 7.10. The van der Waals surface area contributed by atoms with Gasteiger partial charge in [0.25, 0.3) is 11.7 Å². The maximum absolute atomic E-state index is 13.9. The lowest BCUT2D eigenvalue weighted by Gasteiger charge is -2.25. The van der Waals surface area contributed by atoms with Crippen molar-refractivity contribution in [1.29, 1.82) is 0 Å². The summed E-state index contributed by atoms with van der Waals surface area (Å²) in [5.41, 5.74) is 2.73. The van der Waals surface area contributed by atoms with Gasteiger partial charge in [0.05, 0.1) is 5.57 Å². The molecule has 2 aromatic carbocycles. The van der Waals surface area contributed by atoms with Crippen LogP contribution < -0.4 is 4.90 Å². The number of anilines is 1. The van der Waals surface area contributed by atoms with E-state index in [4.69, 9.17) is 0 Å². The fourth-order valence-corrected chi connectivity index (χ4v) is 4.72. The van der Waals surface area contributed by atoms with Crippen molar-refractivity contribution in [3.05, 3.63) is 92.9 Å². The van der Waals surface area contributed by atoms with E-state index in [2.05, 4.69) is 0 Å². The summed E-state index contributed by atoms with van der Waals surface area (Å²) in [6.07, 6.45) is 0.847. The summed E-state index contributed by atoms with van der Waals surface area (Å²) in [5.74, 6) is -2.31. The zero-order valence-electron chi connectivity index (χ0n) is 16.6. The second kappa shape index (κ2) is 7.88. The number of Topliss-reactive ketones (excluding diaryl/α,β-unsaturated/α-hetero) is 1. The number of nitrogens with zero attached hydrogens (tertiary/aromatic N) is 1. The molecule has 2 heterocycles. The van der Waals surface area contributed by atoms with Gasteiger partial charge in [0, 0.05) is 16.1 Å². The Morgan fingerprint density at radius 1 is 1.13 bits per heavy atom. The number of ketones is 1. The first-order valence-corrected chi connectivity index (χ1v) is 10.5. The van der Waals surface area contributed by atoms with Crippen LogP contribution in [0.4, 0.5) is 10.1 Å². The third-order valence-corrected chi connectivity index (χ3v) is 6.39. The van der Waals surface area contributed by atoms with Crippen molar-refractivity contribution in [2.45, 2.75) is 26.3 Å². The van der Waals surface area contributed by atoms with Crippen LogP contribution in [0.25, 0.3) is 5.76 Å². The molecule has 6 heteroatoms. The van der Waals surface area contributed by atoms with Crippen LogP contribution in [0.3, 0.4) is 0 Å². The number of benzene rings is 2. The predicted molar refractivity (Wildman–Crippen MR) is 116 cm³/mol. The second-order valence-corrected chi connectivity index (χ2v) is 8.12. The van der Waals surface area contributed by atoms with E-state index < -0.39 is 23.5 Å². The van der Waals surface area contributed by atoms with Crippen molar-refractivity contribution in [2.75, 3.05) is 4.90 Å². The minimum atomic E-state index is -0.822. The van der Waals surface area contributed by atoms with Gasteiger partial charge in [0.15, 0.2) is 0 Å². The Bertz CT molecular complexity index is 1160. The van der Waals surface area contributed by atoms with E-state index in [1.54, 1.807) is 18.2 Å². The Kier molecular flexibility index (Phi) is 5.26. The molecule has 0 spiro atoms. The van der Waals surface area contributed by atoms with E-state index in [0.717, 1.165) is 22.4 Å². The molecule has 0 saturated carbocycles. The first-order chi connectivity index (χ1) is 14.4.